The molecule has 0 spiro atoms. The van der Waals surface area contributed by atoms with Crippen molar-refractivity contribution in [2.75, 3.05) is 46.3 Å². The topological polar surface area (TPSA) is 48.5 Å². The van der Waals surface area contributed by atoms with E-state index in [9.17, 15) is 4.79 Å². The van der Waals surface area contributed by atoms with Crippen LogP contribution in [0.1, 0.15) is 40.0 Å². The van der Waals surface area contributed by atoms with E-state index in [0.29, 0.717) is 6.54 Å². The van der Waals surface area contributed by atoms with Gasteiger partial charge in [0, 0.05) is 43.1 Å². The fraction of sp³-hybridized carbons (Fsp3) is 0.357. The third kappa shape index (κ3) is 5.02. The Bertz CT molecular complexity index is 1210. The van der Waals surface area contributed by atoms with Crippen LogP contribution in [-0.2, 0) is 6.42 Å². The summed E-state index contributed by atoms with van der Waals surface area (Å²) in [6.07, 6.45) is 4.84. The first-order valence-corrected chi connectivity index (χ1v) is 12.5. The summed E-state index contributed by atoms with van der Waals surface area (Å²) in [4.78, 5) is 23.2. The van der Waals surface area contributed by atoms with Crippen molar-refractivity contribution in [2.45, 2.75) is 19.3 Å². The van der Waals surface area contributed by atoms with Crippen LogP contribution < -0.4 is 5.32 Å². The third-order valence-corrected chi connectivity index (χ3v) is 7.16. The van der Waals surface area contributed by atoms with Crippen molar-refractivity contribution in [3.63, 3.8) is 0 Å². The minimum absolute atomic E-state index is 0.0148. The van der Waals surface area contributed by atoms with Crippen molar-refractivity contribution >= 4 is 40.1 Å². The SMILES string of the molecule is CN1CCN(CCCNC(=O)c2c3c(nc4ccccc24)/C(=C\c2ccc(Cl)cc2)CC3)CC1. The van der Waals surface area contributed by atoms with Crippen LogP contribution in [-0.4, -0.2) is 67.0 Å². The quantitative estimate of drug-likeness (QED) is 0.524. The number of para-hydroxylation sites is 1. The second kappa shape index (κ2) is 10.3. The minimum Gasteiger partial charge on any atom is -0.352 e. The van der Waals surface area contributed by atoms with E-state index in [1.165, 1.54) is 5.57 Å². The van der Waals surface area contributed by atoms with E-state index in [4.69, 9.17) is 16.6 Å². The summed E-state index contributed by atoms with van der Waals surface area (Å²) >= 11 is 6.05. The molecule has 0 saturated carbocycles. The Kier molecular flexibility index (Phi) is 6.95. The number of nitrogens with one attached hydrogen (secondary N) is 1. The highest BCUT2D eigenvalue weighted by Crippen LogP contribution is 2.37. The summed E-state index contributed by atoms with van der Waals surface area (Å²) in [6, 6.07) is 15.8. The first-order valence-electron chi connectivity index (χ1n) is 12.2. The Morgan fingerprint density at radius 3 is 2.62 bits per heavy atom. The number of carbonyl (C=O) groups excluding carboxylic acids is 1. The predicted molar refractivity (Wildman–Crippen MR) is 140 cm³/mol. The highest BCUT2D eigenvalue weighted by molar-refractivity contribution is 6.30. The summed E-state index contributed by atoms with van der Waals surface area (Å²) < 4.78 is 0. The molecule has 0 unspecified atom stereocenters. The Morgan fingerprint density at radius 2 is 1.82 bits per heavy atom. The van der Waals surface area contributed by atoms with Crippen LogP contribution in [0, 0.1) is 0 Å². The maximum Gasteiger partial charge on any atom is 0.252 e. The van der Waals surface area contributed by atoms with Gasteiger partial charge in [-0.25, -0.2) is 4.98 Å². The summed E-state index contributed by atoms with van der Waals surface area (Å²) in [5, 5.41) is 4.86. The first-order chi connectivity index (χ1) is 16.6. The van der Waals surface area contributed by atoms with Gasteiger partial charge in [-0.2, -0.15) is 0 Å². The number of hydrogen-bond donors (Lipinski definition) is 1. The van der Waals surface area contributed by atoms with Gasteiger partial charge in [-0.3, -0.25) is 4.79 Å². The van der Waals surface area contributed by atoms with Gasteiger partial charge in [0.05, 0.1) is 16.8 Å². The van der Waals surface area contributed by atoms with E-state index in [2.05, 4.69) is 28.2 Å². The Labute approximate surface area is 206 Å². The number of nitrogens with zero attached hydrogens (tertiary/aromatic N) is 3. The molecule has 1 fully saturated rings. The van der Waals surface area contributed by atoms with Gasteiger partial charge in [-0.15, -0.1) is 0 Å². The molecule has 1 aromatic heterocycles. The van der Waals surface area contributed by atoms with E-state index in [0.717, 1.165) is 90.3 Å². The van der Waals surface area contributed by atoms with Gasteiger partial charge in [-0.1, -0.05) is 41.9 Å². The Morgan fingerprint density at radius 1 is 1.06 bits per heavy atom. The molecule has 2 heterocycles. The molecule has 1 saturated heterocycles. The molecule has 0 bridgehead atoms. The molecule has 176 valence electrons. The number of rotatable bonds is 6. The summed E-state index contributed by atoms with van der Waals surface area (Å²) in [5.74, 6) is 0.0148. The average Bonchev–Trinajstić information content (AvgIpc) is 3.24. The fourth-order valence-corrected chi connectivity index (χ4v) is 5.09. The molecule has 1 amide bonds. The van der Waals surface area contributed by atoms with Crippen LogP contribution >= 0.6 is 11.6 Å². The van der Waals surface area contributed by atoms with Crippen molar-refractivity contribution in [3.05, 3.63) is 75.9 Å². The number of aromatic nitrogens is 1. The molecular formula is C28H31ClN4O. The van der Waals surface area contributed by atoms with Crippen LogP contribution in [0.5, 0.6) is 0 Å². The number of carbonyl (C=O) groups is 1. The lowest BCUT2D eigenvalue weighted by Gasteiger charge is -2.32. The van der Waals surface area contributed by atoms with E-state index in [-0.39, 0.29) is 5.91 Å². The zero-order valence-electron chi connectivity index (χ0n) is 19.7. The van der Waals surface area contributed by atoms with E-state index in [1.54, 1.807) is 0 Å². The molecule has 2 aromatic carbocycles. The van der Waals surface area contributed by atoms with Gasteiger partial charge in [0.1, 0.15) is 0 Å². The number of halogens is 1. The van der Waals surface area contributed by atoms with Crippen LogP contribution in [0.2, 0.25) is 5.02 Å². The van der Waals surface area contributed by atoms with Gasteiger partial charge in [0.15, 0.2) is 0 Å². The highest BCUT2D eigenvalue weighted by Gasteiger charge is 2.26. The van der Waals surface area contributed by atoms with Gasteiger partial charge in [0.2, 0.25) is 0 Å². The molecule has 1 aliphatic carbocycles. The largest absolute Gasteiger partial charge is 0.352 e. The lowest BCUT2D eigenvalue weighted by Crippen LogP contribution is -2.45. The van der Waals surface area contributed by atoms with Crippen molar-refractivity contribution < 1.29 is 4.79 Å². The number of likely N-dealkylation sites (N-methyl/N-ethyl adjacent to an activating group) is 1. The fourth-order valence-electron chi connectivity index (χ4n) is 4.96. The number of hydrogen-bond acceptors (Lipinski definition) is 4. The molecule has 34 heavy (non-hydrogen) atoms. The standard InChI is InChI=1S/C28H31ClN4O/c1-32-15-17-33(18-16-32)14-4-13-30-28(34)26-23-5-2-3-6-25(23)31-27-21(9-12-24(26)27)19-20-7-10-22(29)11-8-20/h2-3,5-8,10-11,19H,4,9,12-18H2,1H3,(H,30,34)/b21-19-. The smallest absolute Gasteiger partial charge is 0.252 e. The van der Waals surface area contributed by atoms with Crippen LogP contribution in [0.15, 0.2) is 48.5 Å². The molecule has 6 heteroatoms. The molecule has 3 aromatic rings. The lowest BCUT2D eigenvalue weighted by atomic mass is 10.00. The normalized spacial score (nSPS) is 17.9. The third-order valence-electron chi connectivity index (χ3n) is 6.91. The number of piperazine rings is 1. The van der Waals surface area contributed by atoms with Crippen molar-refractivity contribution in [1.29, 1.82) is 0 Å². The van der Waals surface area contributed by atoms with Gasteiger partial charge in [-0.05, 0) is 73.8 Å². The molecule has 2 aliphatic rings. The predicted octanol–water partition coefficient (Wildman–Crippen LogP) is 4.74. The molecule has 5 nitrogen and oxygen atoms in total. The van der Waals surface area contributed by atoms with Crippen molar-refractivity contribution in [1.82, 2.24) is 20.1 Å². The highest BCUT2D eigenvalue weighted by atomic mass is 35.5. The maximum atomic E-state index is 13.4. The lowest BCUT2D eigenvalue weighted by molar-refractivity contribution is 0.0950. The minimum atomic E-state index is 0.0148. The summed E-state index contributed by atoms with van der Waals surface area (Å²) in [6.45, 7) is 6.16. The Hall–Kier alpha value is -2.73. The monoisotopic (exact) mass is 474 g/mol. The Balaban J connectivity index is 1.36. The number of pyridine rings is 1. The summed E-state index contributed by atoms with van der Waals surface area (Å²) in [7, 11) is 2.17. The van der Waals surface area contributed by atoms with Gasteiger partial charge in [0.25, 0.3) is 5.91 Å². The van der Waals surface area contributed by atoms with Crippen LogP contribution in [0.3, 0.4) is 0 Å². The number of allylic oxidation sites excluding steroid dienone is 1. The first kappa shape index (κ1) is 23.0. The van der Waals surface area contributed by atoms with E-state index in [1.807, 2.05) is 48.5 Å². The average molecular weight is 475 g/mol. The van der Waals surface area contributed by atoms with Crippen LogP contribution in [0.4, 0.5) is 0 Å². The second-order valence-corrected chi connectivity index (χ2v) is 9.74. The van der Waals surface area contributed by atoms with E-state index >= 15 is 0 Å². The zero-order valence-corrected chi connectivity index (χ0v) is 20.4. The second-order valence-electron chi connectivity index (χ2n) is 9.31. The van der Waals surface area contributed by atoms with Gasteiger partial charge < -0.3 is 15.1 Å². The molecule has 1 aliphatic heterocycles. The maximum absolute atomic E-state index is 13.4. The van der Waals surface area contributed by atoms with Crippen molar-refractivity contribution in [2.24, 2.45) is 0 Å². The van der Waals surface area contributed by atoms with E-state index < -0.39 is 0 Å². The van der Waals surface area contributed by atoms with Crippen molar-refractivity contribution in [3.8, 4) is 0 Å². The molecule has 0 atom stereocenters. The molecular weight excluding hydrogens is 444 g/mol. The zero-order chi connectivity index (χ0) is 23.5. The number of benzene rings is 2. The molecule has 5 rings (SSSR count). The number of amides is 1. The van der Waals surface area contributed by atoms with Crippen LogP contribution in [0.25, 0.3) is 22.6 Å². The summed E-state index contributed by atoms with van der Waals surface area (Å²) in [5.41, 5.74) is 5.95. The molecule has 0 radical (unpaired) electrons. The number of fused-ring (bicyclic) bond motifs is 2. The van der Waals surface area contributed by atoms with Gasteiger partial charge >= 0.3 is 0 Å². The molecule has 1 N–H and O–H groups in total.